The van der Waals surface area contributed by atoms with E-state index in [0.29, 0.717) is 0 Å². The number of hydrogen-bond donors (Lipinski definition) is 1. The molecule has 0 saturated heterocycles. The highest BCUT2D eigenvalue weighted by molar-refractivity contribution is 7.85. The first kappa shape index (κ1) is 17.9. The molecule has 9 nitrogen and oxygen atoms in total. The molecule has 0 aliphatic carbocycles. The van der Waals surface area contributed by atoms with Crippen LogP contribution in [-0.2, 0) is 14.3 Å². The number of ether oxygens (including phenoxy) is 1. The van der Waals surface area contributed by atoms with Gasteiger partial charge in [0.25, 0.3) is 16.0 Å². The van der Waals surface area contributed by atoms with E-state index < -0.39 is 27.0 Å². The zero-order chi connectivity index (χ0) is 16.9. The largest absolute Gasteiger partial charge is 0.490 e. The Morgan fingerprint density at radius 2 is 2.09 bits per heavy atom. The van der Waals surface area contributed by atoms with Crippen molar-refractivity contribution in [3.05, 3.63) is 33.9 Å². The van der Waals surface area contributed by atoms with Crippen LogP contribution < -0.4 is 10.1 Å². The van der Waals surface area contributed by atoms with Crippen molar-refractivity contribution in [3.63, 3.8) is 0 Å². The molecule has 0 saturated carbocycles. The van der Waals surface area contributed by atoms with Crippen LogP contribution in [0.4, 0.5) is 5.69 Å². The summed E-state index contributed by atoms with van der Waals surface area (Å²) in [5.41, 5.74) is -0.110. The molecule has 0 fully saturated rings. The zero-order valence-electron chi connectivity index (χ0n) is 12.2. The predicted molar refractivity (Wildman–Crippen MR) is 77.4 cm³/mol. The minimum Gasteiger partial charge on any atom is -0.490 e. The molecule has 0 aliphatic heterocycles. The lowest BCUT2D eigenvalue weighted by Crippen LogP contribution is -2.36. The number of carbonyl (C=O) groups is 1. The molecule has 1 N–H and O–H groups in total. The number of nitro groups is 1. The van der Waals surface area contributed by atoms with Crippen molar-refractivity contribution < 1.29 is 27.1 Å². The monoisotopic (exact) mass is 332 g/mol. The molecule has 1 aromatic carbocycles. The molecule has 22 heavy (non-hydrogen) atoms. The van der Waals surface area contributed by atoms with E-state index in [2.05, 4.69) is 9.50 Å². The Kier molecular flexibility index (Phi) is 5.83. The van der Waals surface area contributed by atoms with Gasteiger partial charge in [-0.1, -0.05) is 0 Å². The highest BCUT2D eigenvalue weighted by Crippen LogP contribution is 2.27. The number of benzene rings is 1. The van der Waals surface area contributed by atoms with Gasteiger partial charge < -0.3 is 10.1 Å². The van der Waals surface area contributed by atoms with Gasteiger partial charge in [-0.2, -0.15) is 8.42 Å². The molecular weight excluding hydrogens is 316 g/mol. The number of methoxy groups -OCH3 is 1. The van der Waals surface area contributed by atoms with Gasteiger partial charge in [-0.25, -0.2) is 0 Å². The highest BCUT2D eigenvalue weighted by atomic mass is 32.2. The number of nitrogens with zero attached hydrogens (tertiary/aromatic N) is 1. The summed E-state index contributed by atoms with van der Waals surface area (Å²) in [4.78, 5) is 22.1. The molecule has 1 aromatic rings. The summed E-state index contributed by atoms with van der Waals surface area (Å²) in [6.07, 6.45) is 0.905. The van der Waals surface area contributed by atoms with Gasteiger partial charge in [-0.05, 0) is 13.0 Å². The Bertz CT molecular complexity index is 672. The maximum absolute atomic E-state index is 12.0. The lowest BCUT2D eigenvalue weighted by molar-refractivity contribution is -0.385. The van der Waals surface area contributed by atoms with Crippen LogP contribution >= 0.6 is 0 Å². The van der Waals surface area contributed by atoms with Crippen LogP contribution in [0.15, 0.2) is 18.2 Å². The number of amides is 1. The van der Waals surface area contributed by atoms with Crippen LogP contribution in [0.25, 0.3) is 0 Å². The Morgan fingerprint density at radius 1 is 1.45 bits per heavy atom. The number of nitro benzene ring substituents is 1. The average Bonchev–Trinajstić information content (AvgIpc) is 2.43. The van der Waals surface area contributed by atoms with Crippen LogP contribution in [0.5, 0.6) is 5.75 Å². The molecule has 1 amide bonds. The molecule has 122 valence electrons. The van der Waals surface area contributed by atoms with Gasteiger partial charge in [0.1, 0.15) is 0 Å². The van der Waals surface area contributed by atoms with Gasteiger partial charge in [0.2, 0.25) is 0 Å². The van der Waals surface area contributed by atoms with Gasteiger partial charge in [0, 0.05) is 17.7 Å². The quantitative estimate of drug-likeness (QED) is 0.442. The van der Waals surface area contributed by atoms with Crippen molar-refractivity contribution in [2.24, 2.45) is 0 Å². The first-order chi connectivity index (χ1) is 10.1. The van der Waals surface area contributed by atoms with Crippen LogP contribution in [0, 0.1) is 10.1 Å². The lowest BCUT2D eigenvalue weighted by Gasteiger charge is -2.13. The molecule has 10 heteroatoms. The fourth-order valence-corrected chi connectivity index (χ4v) is 2.00. The Balaban J connectivity index is 2.79. The predicted octanol–water partition coefficient (Wildman–Crippen LogP) is 0.698. The average molecular weight is 332 g/mol. The van der Waals surface area contributed by atoms with E-state index in [-0.39, 0.29) is 23.6 Å². The second-order valence-corrected chi connectivity index (χ2v) is 6.15. The Hall–Kier alpha value is -2.20. The van der Waals surface area contributed by atoms with E-state index in [4.69, 9.17) is 4.74 Å². The van der Waals surface area contributed by atoms with Crippen molar-refractivity contribution in [2.75, 3.05) is 20.0 Å². The molecule has 0 radical (unpaired) electrons. The SMILES string of the molecule is COc1cc(C(=O)NC(C)COS(C)(=O)=O)ccc1[N+](=O)[O-]. The van der Waals surface area contributed by atoms with Crippen molar-refractivity contribution >= 4 is 21.7 Å². The fraction of sp³-hybridized carbons (Fsp3) is 0.417. The van der Waals surface area contributed by atoms with Crippen LogP contribution in [0.3, 0.4) is 0 Å². The normalized spacial score (nSPS) is 12.5. The van der Waals surface area contributed by atoms with E-state index >= 15 is 0 Å². The zero-order valence-corrected chi connectivity index (χ0v) is 13.0. The smallest absolute Gasteiger partial charge is 0.310 e. The van der Waals surface area contributed by atoms with Crippen molar-refractivity contribution in [2.45, 2.75) is 13.0 Å². The third-order valence-electron chi connectivity index (χ3n) is 2.55. The highest BCUT2D eigenvalue weighted by Gasteiger charge is 2.18. The number of hydrogen-bond acceptors (Lipinski definition) is 7. The van der Waals surface area contributed by atoms with E-state index in [1.165, 1.54) is 19.2 Å². The summed E-state index contributed by atoms with van der Waals surface area (Å²) in [6, 6.07) is 3.10. The van der Waals surface area contributed by atoms with E-state index in [1.807, 2.05) is 0 Å². The second kappa shape index (κ2) is 7.18. The first-order valence-electron chi connectivity index (χ1n) is 6.11. The molecular formula is C12H16N2O7S. The lowest BCUT2D eigenvalue weighted by atomic mass is 10.1. The molecule has 0 bridgehead atoms. The molecule has 0 aromatic heterocycles. The van der Waals surface area contributed by atoms with Crippen LogP contribution in [0.2, 0.25) is 0 Å². The Morgan fingerprint density at radius 3 is 2.59 bits per heavy atom. The van der Waals surface area contributed by atoms with Crippen LogP contribution in [0.1, 0.15) is 17.3 Å². The van der Waals surface area contributed by atoms with E-state index in [9.17, 15) is 23.3 Å². The number of rotatable bonds is 7. The summed E-state index contributed by atoms with van der Waals surface area (Å²) in [5.74, 6) is -0.574. The van der Waals surface area contributed by atoms with Gasteiger partial charge in [0.15, 0.2) is 5.75 Å². The first-order valence-corrected chi connectivity index (χ1v) is 7.93. The standard InChI is InChI=1S/C12H16N2O7S/c1-8(7-21-22(3,18)19)13-12(15)9-4-5-10(14(16)17)11(6-9)20-2/h4-6,8H,7H2,1-3H3,(H,13,15). The fourth-order valence-electron chi connectivity index (χ4n) is 1.54. The number of carbonyl (C=O) groups excluding carboxylic acids is 1. The maximum atomic E-state index is 12.0. The number of nitrogens with one attached hydrogen (secondary N) is 1. The van der Waals surface area contributed by atoms with Crippen molar-refractivity contribution in [1.82, 2.24) is 5.32 Å². The second-order valence-electron chi connectivity index (χ2n) is 4.51. The minimum absolute atomic E-state index is 0.0438. The van der Waals surface area contributed by atoms with Gasteiger partial charge >= 0.3 is 5.69 Å². The van der Waals surface area contributed by atoms with E-state index in [0.717, 1.165) is 12.3 Å². The summed E-state index contributed by atoms with van der Waals surface area (Å²) in [6.45, 7) is 1.35. The third kappa shape index (κ3) is 5.30. The minimum atomic E-state index is -3.59. The third-order valence-corrected chi connectivity index (χ3v) is 3.11. The summed E-state index contributed by atoms with van der Waals surface area (Å²) >= 11 is 0. The van der Waals surface area contributed by atoms with E-state index in [1.54, 1.807) is 6.92 Å². The van der Waals surface area contributed by atoms with Crippen molar-refractivity contribution in [1.29, 1.82) is 0 Å². The Labute approximate surface area is 127 Å². The summed E-state index contributed by atoms with van der Waals surface area (Å²) in [7, 11) is -2.34. The molecule has 1 unspecified atom stereocenters. The summed E-state index contributed by atoms with van der Waals surface area (Å²) < 4.78 is 31.2. The van der Waals surface area contributed by atoms with Crippen molar-refractivity contribution in [3.8, 4) is 5.75 Å². The molecule has 1 rings (SSSR count). The maximum Gasteiger partial charge on any atom is 0.310 e. The molecule has 0 heterocycles. The molecule has 0 aliphatic rings. The molecule has 0 spiro atoms. The van der Waals surface area contributed by atoms with Gasteiger partial charge in [-0.15, -0.1) is 0 Å². The van der Waals surface area contributed by atoms with Gasteiger partial charge in [0.05, 0.1) is 30.9 Å². The van der Waals surface area contributed by atoms with Crippen LogP contribution in [-0.4, -0.2) is 45.3 Å². The summed E-state index contributed by atoms with van der Waals surface area (Å²) in [5, 5.41) is 13.3. The molecule has 1 atom stereocenters. The van der Waals surface area contributed by atoms with Gasteiger partial charge in [-0.3, -0.25) is 19.1 Å². The topological polar surface area (TPSA) is 125 Å².